The Kier molecular flexibility index (Phi) is 3.85. The van der Waals surface area contributed by atoms with Crippen LogP contribution in [-0.2, 0) is 0 Å². The third kappa shape index (κ3) is 3.28. The largest absolute Gasteiger partial charge is 0.487 e. The number of rotatable bonds is 5. The summed E-state index contributed by atoms with van der Waals surface area (Å²) in [5.74, 6) is 2.50. The van der Waals surface area contributed by atoms with Gasteiger partial charge in [0.15, 0.2) is 0 Å². The molecule has 1 amide bonds. The lowest BCUT2D eigenvalue weighted by Gasteiger charge is -2.38. The monoisotopic (exact) mass is 362 g/mol. The van der Waals surface area contributed by atoms with Crippen molar-refractivity contribution in [2.24, 2.45) is 0 Å². The Morgan fingerprint density at radius 3 is 2.63 bits per heavy atom. The standard InChI is InChI=1S/C20H18N4O3/c25-20(17-3-1-2-10-21-17)24-11-16(12-24)26-15-8-6-13(7-9-15)18-22-19(27-23-18)14-4-5-14/h1-3,6-10,14,16H,4-5,11-12H2. The number of pyridine rings is 1. The highest BCUT2D eigenvalue weighted by Crippen LogP contribution is 2.39. The van der Waals surface area contributed by atoms with Crippen molar-refractivity contribution in [3.63, 3.8) is 0 Å². The van der Waals surface area contributed by atoms with E-state index < -0.39 is 0 Å². The van der Waals surface area contributed by atoms with Gasteiger partial charge in [-0.2, -0.15) is 4.98 Å². The Hall–Kier alpha value is -3.22. The van der Waals surface area contributed by atoms with Crippen molar-refractivity contribution in [2.75, 3.05) is 13.1 Å². The minimum Gasteiger partial charge on any atom is -0.487 e. The third-order valence-electron chi connectivity index (χ3n) is 4.80. The molecule has 5 rings (SSSR count). The predicted octanol–water partition coefficient (Wildman–Crippen LogP) is 2.91. The number of ether oxygens (including phenoxy) is 1. The summed E-state index contributed by atoms with van der Waals surface area (Å²) in [6.45, 7) is 1.12. The lowest BCUT2D eigenvalue weighted by molar-refractivity contribution is 0.0173. The van der Waals surface area contributed by atoms with E-state index in [9.17, 15) is 4.79 Å². The molecule has 7 nitrogen and oxygen atoms in total. The maximum absolute atomic E-state index is 12.3. The number of hydrogen-bond donors (Lipinski definition) is 0. The molecular weight excluding hydrogens is 344 g/mol. The molecule has 0 radical (unpaired) electrons. The van der Waals surface area contributed by atoms with Gasteiger partial charge in [-0.15, -0.1) is 0 Å². The second-order valence-electron chi connectivity index (χ2n) is 6.92. The van der Waals surface area contributed by atoms with Gasteiger partial charge in [-0.05, 0) is 49.2 Å². The number of nitrogens with zero attached hydrogens (tertiary/aromatic N) is 4. The molecule has 0 unspecified atom stereocenters. The smallest absolute Gasteiger partial charge is 0.272 e. The Morgan fingerprint density at radius 1 is 1.11 bits per heavy atom. The lowest BCUT2D eigenvalue weighted by Crippen LogP contribution is -2.56. The highest BCUT2D eigenvalue weighted by molar-refractivity contribution is 5.92. The molecule has 3 heterocycles. The van der Waals surface area contributed by atoms with Crippen molar-refractivity contribution in [1.29, 1.82) is 0 Å². The van der Waals surface area contributed by atoms with E-state index in [1.54, 1.807) is 23.2 Å². The van der Waals surface area contributed by atoms with Crippen LogP contribution in [0.15, 0.2) is 53.2 Å². The van der Waals surface area contributed by atoms with E-state index in [-0.39, 0.29) is 12.0 Å². The van der Waals surface area contributed by atoms with Crippen molar-refractivity contribution in [3.8, 4) is 17.1 Å². The van der Waals surface area contributed by atoms with Crippen LogP contribution in [0.1, 0.15) is 35.1 Å². The normalized spacial score (nSPS) is 16.8. The van der Waals surface area contributed by atoms with Gasteiger partial charge in [0.1, 0.15) is 17.5 Å². The summed E-state index contributed by atoms with van der Waals surface area (Å²) in [7, 11) is 0. The van der Waals surface area contributed by atoms with E-state index in [4.69, 9.17) is 9.26 Å². The minimum absolute atomic E-state index is 0.00448. The Morgan fingerprint density at radius 2 is 1.93 bits per heavy atom. The summed E-state index contributed by atoms with van der Waals surface area (Å²) < 4.78 is 11.2. The van der Waals surface area contributed by atoms with E-state index in [0.29, 0.717) is 30.5 Å². The molecule has 1 aliphatic carbocycles. The molecule has 1 aliphatic heterocycles. The average molecular weight is 362 g/mol. The molecule has 0 N–H and O–H groups in total. The van der Waals surface area contributed by atoms with Crippen molar-refractivity contribution < 1.29 is 14.1 Å². The first-order valence-electron chi connectivity index (χ1n) is 9.07. The molecule has 2 fully saturated rings. The van der Waals surface area contributed by atoms with Gasteiger partial charge in [0.25, 0.3) is 5.91 Å². The second-order valence-corrected chi connectivity index (χ2v) is 6.92. The number of benzene rings is 1. The van der Waals surface area contributed by atoms with Crippen molar-refractivity contribution in [3.05, 3.63) is 60.2 Å². The van der Waals surface area contributed by atoms with Gasteiger partial charge in [-0.3, -0.25) is 9.78 Å². The Bertz CT molecular complexity index is 945. The van der Waals surface area contributed by atoms with Crippen LogP contribution in [0.5, 0.6) is 5.75 Å². The summed E-state index contributed by atoms with van der Waals surface area (Å²) >= 11 is 0. The van der Waals surface area contributed by atoms with Gasteiger partial charge < -0.3 is 14.2 Å². The van der Waals surface area contributed by atoms with Gasteiger partial charge in [0.2, 0.25) is 11.7 Å². The van der Waals surface area contributed by atoms with Gasteiger partial charge in [-0.1, -0.05) is 11.2 Å². The SMILES string of the molecule is O=C(c1ccccn1)N1CC(Oc2ccc(-c3noc(C4CC4)n3)cc2)C1. The molecule has 2 aromatic heterocycles. The highest BCUT2D eigenvalue weighted by atomic mass is 16.5. The molecule has 7 heteroatoms. The van der Waals surface area contributed by atoms with Crippen LogP contribution in [0.25, 0.3) is 11.4 Å². The summed E-state index contributed by atoms with van der Waals surface area (Å²) in [5.41, 5.74) is 1.37. The number of carbonyl (C=O) groups is 1. The van der Waals surface area contributed by atoms with Gasteiger partial charge in [0.05, 0.1) is 13.1 Å². The molecule has 1 saturated heterocycles. The fraction of sp³-hybridized carbons (Fsp3) is 0.300. The van der Waals surface area contributed by atoms with Crippen molar-refractivity contribution >= 4 is 5.91 Å². The van der Waals surface area contributed by atoms with Crippen molar-refractivity contribution in [1.82, 2.24) is 20.0 Å². The number of likely N-dealkylation sites (tertiary alicyclic amines) is 1. The third-order valence-corrected chi connectivity index (χ3v) is 4.80. The summed E-state index contributed by atoms with van der Waals surface area (Å²) in [4.78, 5) is 22.5. The molecule has 0 spiro atoms. The zero-order valence-electron chi connectivity index (χ0n) is 14.6. The number of carbonyl (C=O) groups excluding carboxylic acids is 1. The zero-order valence-corrected chi connectivity index (χ0v) is 14.6. The molecule has 27 heavy (non-hydrogen) atoms. The van der Waals surface area contributed by atoms with Crippen LogP contribution in [0.2, 0.25) is 0 Å². The van der Waals surface area contributed by atoms with Gasteiger partial charge in [-0.25, -0.2) is 0 Å². The van der Waals surface area contributed by atoms with E-state index >= 15 is 0 Å². The Balaban J connectivity index is 1.17. The fourth-order valence-corrected chi connectivity index (χ4v) is 3.05. The predicted molar refractivity (Wildman–Crippen MR) is 96.3 cm³/mol. The van der Waals surface area contributed by atoms with Crippen LogP contribution in [0, 0.1) is 0 Å². The van der Waals surface area contributed by atoms with Crippen LogP contribution in [0.3, 0.4) is 0 Å². The maximum Gasteiger partial charge on any atom is 0.272 e. The summed E-state index contributed by atoms with van der Waals surface area (Å²) in [6, 6.07) is 13.0. The van der Waals surface area contributed by atoms with Crippen LogP contribution >= 0.6 is 0 Å². The average Bonchev–Trinajstić information content (AvgIpc) is 3.42. The summed E-state index contributed by atoms with van der Waals surface area (Å²) in [5, 5.41) is 4.05. The topological polar surface area (TPSA) is 81.4 Å². The molecule has 136 valence electrons. The first-order chi connectivity index (χ1) is 13.3. The zero-order chi connectivity index (χ0) is 18.2. The van der Waals surface area contributed by atoms with E-state index in [1.165, 1.54) is 0 Å². The Labute approximate surface area is 156 Å². The number of amides is 1. The van der Waals surface area contributed by atoms with Gasteiger partial charge >= 0.3 is 0 Å². The van der Waals surface area contributed by atoms with Crippen LogP contribution in [0.4, 0.5) is 0 Å². The minimum atomic E-state index is -0.0608. The molecule has 1 aromatic carbocycles. The maximum atomic E-state index is 12.3. The van der Waals surface area contributed by atoms with E-state index in [0.717, 1.165) is 30.0 Å². The summed E-state index contributed by atoms with van der Waals surface area (Å²) in [6.07, 6.45) is 3.89. The molecular formula is C20H18N4O3. The fourth-order valence-electron chi connectivity index (χ4n) is 3.05. The van der Waals surface area contributed by atoms with Crippen molar-refractivity contribution in [2.45, 2.75) is 24.9 Å². The van der Waals surface area contributed by atoms with Crippen LogP contribution in [-0.4, -0.2) is 45.1 Å². The number of hydrogen-bond acceptors (Lipinski definition) is 6. The molecule has 2 aliphatic rings. The van der Waals surface area contributed by atoms with Gasteiger partial charge in [0, 0.05) is 17.7 Å². The molecule has 1 saturated carbocycles. The second kappa shape index (κ2) is 6.50. The number of aromatic nitrogens is 3. The molecule has 3 aromatic rings. The van der Waals surface area contributed by atoms with Crippen LogP contribution < -0.4 is 4.74 Å². The first kappa shape index (κ1) is 16.0. The highest BCUT2D eigenvalue weighted by Gasteiger charge is 2.33. The lowest BCUT2D eigenvalue weighted by atomic mass is 10.1. The van der Waals surface area contributed by atoms with E-state index in [2.05, 4.69) is 15.1 Å². The molecule has 0 atom stereocenters. The first-order valence-corrected chi connectivity index (χ1v) is 9.07. The molecule has 0 bridgehead atoms. The van der Waals surface area contributed by atoms with E-state index in [1.807, 2.05) is 30.3 Å². The quantitative estimate of drug-likeness (QED) is 0.694.